The lowest BCUT2D eigenvalue weighted by atomic mass is 9.70. The third-order valence-electron chi connectivity index (χ3n) is 8.51. The van der Waals surface area contributed by atoms with Crippen molar-refractivity contribution in [2.24, 2.45) is 29.7 Å². The summed E-state index contributed by atoms with van der Waals surface area (Å²) >= 11 is 0. The smallest absolute Gasteiger partial charge is 0.238 e. The number of aromatic nitrogens is 1. The van der Waals surface area contributed by atoms with Crippen LogP contribution in [0.15, 0.2) is 18.3 Å². The highest BCUT2D eigenvalue weighted by molar-refractivity contribution is 7.89. The van der Waals surface area contributed by atoms with Crippen molar-refractivity contribution in [1.82, 2.24) is 13.8 Å². The van der Waals surface area contributed by atoms with Crippen LogP contribution in [0.2, 0.25) is 0 Å². The Morgan fingerprint density at radius 1 is 1.24 bits per heavy atom. The molecular formula is C25H39N3O4S. The highest BCUT2D eigenvalue weighted by Gasteiger charge is 2.66. The molecule has 1 aromatic rings. The summed E-state index contributed by atoms with van der Waals surface area (Å²) in [5, 5.41) is 0. The molecule has 184 valence electrons. The van der Waals surface area contributed by atoms with Gasteiger partial charge in [-0.1, -0.05) is 27.7 Å². The standard InChI is InChI=1S/C25H39N3O4S/c1-18(2)14-27(15-21-7-6-12-26(21)5)23(30)16-28(20-8-9-20)33(31,32)17-25-11-10-19(13-22(25)29)24(25,3)4/h6-7,12,18-20H,8-11,13-17H2,1-5H3. The molecule has 0 N–H and O–H groups in total. The van der Waals surface area contributed by atoms with Gasteiger partial charge in [0.2, 0.25) is 15.9 Å². The molecule has 3 saturated carbocycles. The quantitative estimate of drug-likeness (QED) is 0.518. The van der Waals surface area contributed by atoms with Crippen LogP contribution in [-0.4, -0.2) is 58.8 Å². The largest absolute Gasteiger partial charge is 0.353 e. The fraction of sp³-hybridized carbons (Fsp3) is 0.760. The van der Waals surface area contributed by atoms with E-state index in [-0.39, 0.29) is 47.3 Å². The number of aryl methyl sites for hydroxylation is 1. The lowest BCUT2D eigenvalue weighted by Gasteiger charge is -2.38. The number of carbonyl (C=O) groups is 2. The zero-order valence-electron chi connectivity index (χ0n) is 20.7. The summed E-state index contributed by atoms with van der Waals surface area (Å²) in [5.41, 5.74) is -0.112. The van der Waals surface area contributed by atoms with Crippen LogP contribution in [-0.2, 0) is 33.2 Å². The van der Waals surface area contributed by atoms with Crippen molar-refractivity contribution >= 4 is 21.7 Å². The minimum Gasteiger partial charge on any atom is -0.353 e. The Bertz CT molecular complexity index is 1020. The van der Waals surface area contributed by atoms with Crippen molar-refractivity contribution < 1.29 is 18.0 Å². The highest BCUT2D eigenvalue weighted by atomic mass is 32.2. The third kappa shape index (κ3) is 4.41. The van der Waals surface area contributed by atoms with Crippen molar-refractivity contribution in [3.8, 4) is 0 Å². The molecule has 0 aromatic carbocycles. The van der Waals surface area contributed by atoms with Crippen LogP contribution in [0.1, 0.15) is 65.5 Å². The number of Topliss-reactive ketones (excluding diaryl/α,β-unsaturated/α-hetero) is 1. The van der Waals surface area contributed by atoms with Gasteiger partial charge in [0.15, 0.2) is 0 Å². The van der Waals surface area contributed by atoms with E-state index in [1.807, 2.05) is 29.9 Å². The predicted molar refractivity (Wildman–Crippen MR) is 128 cm³/mol. The Morgan fingerprint density at radius 3 is 2.42 bits per heavy atom. The van der Waals surface area contributed by atoms with Crippen LogP contribution in [0.3, 0.4) is 0 Å². The number of sulfonamides is 1. The van der Waals surface area contributed by atoms with E-state index >= 15 is 0 Å². The molecule has 2 atom stereocenters. The molecule has 0 saturated heterocycles. The summed E-state index contributed by atoms with van der Waals surface area (Å²) in [7, 11) is -1.81. The molecule has 4 rings (SSSR count). The van der Waals surface area contributed by atoms with Crippen LogP contribution in [0.4, 0.5) is 0 Å². The molecule has 2 unspecified atom stereocenters. The van der Waals surface area contributed by atoms with Crippen LogP contribution in [0.25, 0.3) is 0 Å². The van der Waals surface area contributed by atoms with E-state index in [9.17, 15) is 18.0 Å². The second-order valence-corrected chi connectivity index (χ2v) is 13.4. The molecule has 1 amide bonds. The van der Waals surface area contributed by atoms with E-state index in [1.54, 1.807) is 4.90 Å². The van der Waals surface area contributed by atoms with Crippen molar-refractivity contribution in [3.63, 3.8) is 0 Å². The van der Waals surface area contributed by atoms with Crippen molar-refractivity contribution in [2.75, 3.05) is 18.8 Å². The number of fused-ring (bicyclic) bond motifs is 2. The third-order valence-corrected chi connectivity index (χ3v) is 10.5. The molecule has 3 fully saturated rings. The number of ketones is 1. The molecular weight excluding hydrogens is 438 g/mol. The van der Waals surface area contributed by atoms with Crippen LogP contribution in [0.5, 0.6) is 0 Å². The molecule has 0 radical (unpaired) electrons. The first-order chi connectivity index (χ1) is 15.4. The molecule has 0 aliphatic heterocycles. The van der Waals surface area contributed by atoms with Gasteiger partial charge in [-0.05, 0) is 55.1 Å². The summed E-state index contributed by atoms with van der Waals surface area (Å²) in [6.45, 7) is 9.12. The van der Waals surface area contributed by atoms with Gasteiger partial charge < -0.3 is 9.47 Å². The number of amides is 1. The van der Waals surface area contributed by atoms with Gasteiger partial charge in [-0.15, -0.1) is 0 Å². The lowest BCUT2D eigenvalue weighted by Crippen LogP contribution is -2.50. The second kappa shape index (κ2) is 8.52. The molecule has 33 heavy (non-hydrogen) atoms. The van der Waals surface area contributed by atoms with Gasteiger partial charge in [-0.2, -0.15) is 4.31 Å². The molecule has 3 aliphatic carbocycles. The minimum atomic E-state index is -3.76. The summed E-state index contributed by atoms with van der Waals surface area (Å²) in [4.78, 5) is 28.2. The Morgan fingerprint density at radius 2 is 1.94 bits per heavy atom. The molecule has 1 aromatic heterocycles. The molecule has 0 spiro atoms. The Hall–Kier alpha value is -1.67. The molecule has 8 heteroatoms. The van der Waals surface area contributed by atoms with Crippen molar-refractivity contribution in [2.45, 2.75) is 72.4 Å². The van der Waals surface area contributed by atoms with Gasteiger partial charge in [0.1, 0.15) is 5.78 Å². The van der Waals surface area contributed by atoms with E-state index in [0.29, 0.717) is 25.9 Å². The van der Waals surface area contributed by atoms with E-state index in [2.05, 4.69) is 27.7 Å². The van der Waals surface area contributed by atoms with Crippen LogP contribution < -0.4 is 0 Å². The normalized spacial score (nSPS) is 26.5. The van der Waals surface area contributed by atoms with Gasteiger partial charge in [-0.25, -0.2) is 8.42 Å². The maximum Gasteiger partial charge on any atom is 0.238 e. The first-order valence-electron chi connectivity index (χ1n) is 12.3. The van der Waals surface area contributed by atoms with E-state index < -0.39 is 15.4 Å². The van der Waals surface area contributed by atoms with Gasteiger partial charge in [0, 0.05) is 43.4 Å². The monoisotopic (exact) mass is 477 g/mol. The summed E-state index contributed by atoms with van der Waals surface area (Å²) in [5.74, 6) is 0.307. The van der Waals surface area contributed by atoms with Gasteiger partial charge >= 0.3 is 0 Å². The summed E-state index contributed by atoms with van der Waals surface area (Å²) in [6, 6.07) is 3.81. The minimum absolute atomic E-state index is 0.0968. The van der Waals surface area contributed by atoms with Crippen molar-refractivity contribution in [1.29, 1.82) is 0 Å². The van der Waals surface area contributed by atoms with Crippen molar-refractivity contribution in [3.05, 3.63) is 24.0 Å². The van der Waals surface area contributed by atoms with Gasteiger partial charge in [-0.3, -0.25) is 9.59 Å². The average Bonchev–Trinajstić information content (AvgIpc) is 3.39. The first kappa shape index (κ1) is 24.5. The molecule has 3 aliphatic rings. The van der Waals surface area contributed by atoms with E-state index in [1.165, 1.54) is 4.31 Å². The number of hydrogen-bond donors (Lipinski definition) is 0. The predicted octanol–water partition coefficient (Wildman–Crippen LogP) is 3.20. The Kier molecular flexibility index (Phi) is 6.32. The maximum absolute atomic E-state index is 13.7. The zero-order valence-corrected chi connectivity index (χ0v) is 21.5. The van der Waals surface area contributed by atoms with Crippen LogP contribution in [0, 0.1) is 22.7 Å². The van der Waals surface area contributed by atoms with E-state index in [0.717, 1.165) is 25.0 Å². The molecule has 2 bridgehead atoms. The van der Waals surface area contributed by atoms with E-state index in [4.69, 9.17) is 0 Å². The van der Waals surface area contributed by atoms with Gasteiger partial charge in [0.05, 0.1) is 18.8 Å². The zero-order chi connectivity index (χ0) is 24.2. The number of carbonyl (C=O) groups excluding carboxylic acids is 2. The number of hydrogen-bond acceptors (Lipinski definition) is 4. The maximum atomic E-state index is 13.7. The fourth-order valence-corrected chi connectivity index (χ4v) is 8.54. The Labute approximate surface area is 198 Å². The van der Waals surface area contributed by atoms with Gasteiger partial charge in [0.25, 0.3) is 0 Å². The SMILES string of the molecule is CC(C)CN(Cc1cccn1C)C(=O)CN(C1CC1)S(=O)(=O)CC12CCC(CC1=O)C2(C)C. The first-order valence-corrected chi connectivity index (χ1v) is 13.9. The lowest BCUT2D eigenvalue weighted by molar-refractivity contribution is -0.132. The average molecular weight is 478 g/mol. The Balaban J connectivity index is 1.54. The topological polar surface area (TPSA) is 79.7 Å². The number of rotatable bonds is 10. The number of nitrogens with zero attached hydrogens (tertiary/aromatic N) is 3. The van der Waals surface area contributed by atoms with Crippen LogP contribution >= 0.6 is 0 Å². The second-order valence-electron chi connectivity index (χ2n) is 11.5. The fourth-order valence-electron chi connectivity index (χ4n) is 6.10. The molecule has 1 heterocycles. The highest BCUT2D eigenvalue weighted by Crippen LogP contribution is 2.64. The molecule has 7 nitrogen and oxygen atoms in total. The summed E-state index contributed by atoms with van der Waals surface area (Å²) < 4.78 is 30.9. The summed E-state index contributed by atoms with van der Waals surface area (Å²) in [6.07, 6.45) is 5.55.